The Morgan fingerprint density at radius 1 is 1.19 bits per heavy atom. The van der Waals surface area contributed by atoms with Crippen LogP contribution in [0.4, 0.5) is 21.5 Å². The van der Waals surface area contributed by atoms with Crippen molar-refractivity contribution >= 4 is 17.1 Å². The molecule has 0 aliphatic rings. The average Bonchev–Trinajstić information content (AvgIpc) is 2.44. The SMILES string of the molecule is CCOc1cc(N(CC)c2cccc(C)c2)c(N)cc1F. The van der Waals surface area contributed by atoms with Gasteiger partial charge in [0.1, 0.15) is 0 Å². The van der Waals surface area contributed by atoms with Gasteiger partial charge in [-0.15, -0.1) is 0 Å². The first-order valence-corrected chi connectivity index (χ1v) is 7.12. The van der Waals surface area contributed by atoms with Crippen molar-refractivity contribution < 1.29 is 9.13 Å². The molecule has 21 heavy (non-hydrogen) atoms. The van der Waals surface area contributed by atoms with Crippen molar-refractivity contribution in [3.05, 3.63) is 47.8 Å². The van der Waals surface area contributed by atoms with Crippen LogP contribution in [0.5, 0.6) is 5.75 Å². The van der Waals surface area contributed by atoms with Gasteiger partial charge in [-0.05, 0) is 38.5 Å². The van der Waals surface area contributed by atoms with E-state index in [1.54, 1.807) is 6.07 Å². The first kappa shape index (κ1) is 15.2. The van der Waals surface area contributed by atoms with Crippen molar-refractivity contribution in [1.82, 2.24) is 0 Å². The topological polar surface area (TPSA) is 38.5 Å². The summed E-state index contributed by atoms with van der Waals surface area (Å²) in [6.45, 7) is 7.04. The minimum atomic E-state index is -0.432. The molecule has 4 heteroatoms. The molecular weight excluding hydrogens is 267 g/mol. The third-order valence-corrected chi connectivity index (χ3v) is 3.30. The van der Waals surface area contributed by atoms with Gasteiger partial charge in [-0.3, -0.25) is 0 Å². The monoisotopic (exact) mass is 288 g/mol. The maximum Gasteiger partial charge on any atom is 0.167 e. The fourth-order valence-electron chi connectivity index (χ4n) is 2.35. The maximum atomic E-state index is 13.8. The highest BCUT2D eigenvalue weighted by Crippen LogP contribution is 2.35. The minimum Gasteiger partial charge on any atom is -0.491 e. The second-order valence-electron chi connectivity index (χ2n) is 4.86. The highest BCUT2D eigenvalue weighted by molar-refractivity contribution is 5.76. The van der Waals surface area contributed by atoms with Gasteiger partial charge in [0.25, 0.3) is 0 Å². The molecule has 2 aromatic rings. The molecule has 0 amide bonds. The van der Waals surface area contributed by atoms with E-state index in [2.05, 4.69) is 6.07 Å². The van der Waals surface area contributed by atoms with Gasteiger partial charge in [0.05, 0.1) is 18.0 Å². The minimum absolute atomic E-state index is 0.229. The number of aryl methyl sites for hydroxylation is 1. The third-order valence-electron chi connectivity index (χ3n) is 3.30. The summed E-state index contributed by atoms with van der Waals surface area (Å²) >= 11 is 0. The van der Waals surface area contributed by atoms with Crippen molar-refractivity contribution in [3.8, 4) is 5.75 Å². The molecule has 0 fully saturated rings. The molecule has 0 aliphatic heterocycles. The van der Waals surface area contributed by atoms with E-state index in [9.17, 15) is 4.39 Å². The Hall–Kier alpha value is -2.23. The highest BCUT2D eigenvalue weighted by atomic mass is 19.1. The van der Waals surface area contributed by atoms with Gasteiger partial charge in [-0.2, -0.15) is 0 Å². The summed E-state index contributed by atoms with van der Waals surface area (Å²) in [7, 11) is 0. The van der Waals surface area contributed by atoms with Crippen LogP contribution in [0.15, 0.2) is 36.4 Å². The lowest BCUT2D eigenvalue weighted by Gasteiger charge is -2.26. The van der Waals surface area contributed by atoms with Crippen LogP contribution in [-0.4, -0.2) is 13.2 Å². The molecule has 0 atom stereocenters. The number of benzene rings is 2. The van der Waals surface area contributed by atoms with Crippen LogP contribution < -0.4 is 15.4 Å². The number of halogens is 1. The number of hydrogen-bond donors (Lipinski definition) is 1. The van der Waals surface area contributed by atoms with Crippen molar-refractivity contribution in [2.75, 3.05) is 23.8 Å². The third kappa shape index (κ3) is 3.27. The lowest BCUT2D eigenvalue weighted by molar-refractivity contribution is 0.322. The Balaban J connectivity index is 2.49. The van der Waals surface area contributed by atoms with Gasteiger partial charge in [0, 0.05) is 24.4 Å². The van der Waals surface area contributed by atoms with Crippen molar-refractivity contribution in [2.45, 2.75) is 20.8 Å². The van der Waals surface area contributed by atoms with E-state index in [1.165, 1.54) is 6.07 Å². The zero-order chi connectivity index (χ0) is 15.4. The number of rotatable bonds is 5. The maximum absolute atomic E-state index is 13.8. The molecular formula is C17H21FN2O. The quantitative estimate of drug-likeness (QED) is 0.835. The zero-order valence-electron chi connectivity index (χ0n) is 12.7. The van der Waals surface area contributed by atoms with Gasteiger partial charge in [0.2, 0.25) is 0 Å². The lowest BCUT2D eigenvalue weighted by atomic mass is 10.1. The van der Waals surface area contributed by atoms with Gasteiger partial charge in [0.15, 0.2) is 11.6 Å². The second kappa shape index (κ2) is 6.48. The predicted molar refractivity (Wildman–Crippen MR) is 85.8 cm³/mol. The lowest BCUT2D eigenvalue weighted by Crippen LogP contribution is -2.18. The molecule has 0 heterocycles. The number of anilines is 3. The van der Waals surface area contributed by atoms with Crippen LogP contribution >= 0.6 is 0 Å². The van der Waals surface area contributed by atoms with Crippen LogP contribution in [0.1, 0.15) is 19.4 Å². The molecule has 0 radical (unpaired) electrons. The number of hydrogen-bond acceptors (Lipinski definition) is 3. The molecule has 2 N–H and O–H groups in total. The summed E-state index contributed by atoms with van der Waals surface area (Å²) in [5, 5.41) is 0. The van der Waals surface area contributed by atoms with E-state index >= 15 is 0 Å². The van der Waals surface area contributed by atoms with Gasteiger partial charge < -0.3 is 15.4 Å². The van der Waals surface area contributed by atoms with Crippen molar-refractivity contribution in [1.29, 1.82) is 0 Å². The molecule has 0 saturated carbocycles. The summed E-state index contributed by atoms with van der Waals surface area (Å²) in [4.78, 5) is 2.05. The second-order valence-corrected chi connectivity index (χ2v) is 4.86. The Labute approximate surface area is 125 Å². The summed E-state index contributed by atoms with van der Waals surface area (Å²) in [6.07, 6.45) is 0. The first-order valence-electron chi connectivity index (χ1n) is 7.12. The Morgan fingerprint density at radius 2 is 1.95 bits per heavy atom. The Morgan fingerprint density at radius 3 is 2.57 bits per heavy atom. The summed E-state index contributed by atoms with van der Waals surface area (Å²) in [5.74, 6) is -0.203. The van der Waals surface area contributed by atoms with E-state index in [4.69, 9.17) is 10.5 Å². The summed E-state index contributed by atoms with van der Waals surface area (Å²) in [6, 6.07) is 11.1. The van der Waals surface area contributed by atoms with Gasteiger partial charge >= 0.3 is 0 Å². The van der Waals surface area contributed by atoms with Crippen molar-refractivity contribution in [3.63, 3.8) is 0 Å². The van der Waals surface area contributed by atoms with Crippen molar-refractivity contribution in [2.24, 2.45) is 0 Å². The number of nitrogen functional groups attached to an aromatic ring is 1. The Bertz CT molecular complexity index is 628. The van der Waals surface area contributed by atoms with Crippen LogP contribution in [-0.2, 0) is 0 Å². The number of nitrogens with zero attached hydrogens (tertiary/aromatic N) is 1. The molecule has 112 valence electrons. The first-order chi connectivity index (χ1) is 10.1. The van der Waals surface area contributed by atoms with E-state index in [0.29, 0.717) is 12.3 Å². The van der Waals surface area contributed by atoms with Crippen LogP contribution in [0.25, 0.3) is 0 Å². The molecule has 0 saturated heterocycles. The van der Waals surface area contributed by atoms with E-state index in [0.717, 1.165) is 23.5 Å². The fraction of sp³-hybridized carbons (Fsp3) is 0.294. The smallest absolute Gasteiger partial charge is 0.167 e. The van der Waals surface area contributed by atoms with Crippen LogP contribution in [0.2, 0.25) is 0 Å². The van der Waals surface area contributed by atoms with E-state index in [-0.39, 0.29) is 5.75 Å². The van der Waals surface area contributed by atoms with E-state index in [1.807, 2.05) is 43.9 Å². The average molecular weight is 288 g/mol. The molecule has 0 bridgehead atoms. The van der Waals surface area contributed by atoms with Crippen LogP contribution in [0, 0.1) is 12.7 Å². The van der Waals surface area contributed by atoms with Gasteiger partial charge in [-0.1, -0.05) is 12.1 Å². The molecule has 0 aromatic heterocycles. The molecule has 2 rings (SSSR count). The molecule has 0 spiro atoms. The number of ether oxygens (including phenoxy) is 1. The predicted octanol–water partition coefficient (Wildman–Crippen LogP) is 4.27. The summed E-state index contributed by atoms with van der Waals surface area (Å²) in [5.41, 5.74) is 9.35. The zero-order valence-corrected chi connectivity index (χ0v) is 12.7. The normalized spacial score (nSPS) is 10.5. The summed E-state index contributed by atoms with van der Waals surface area (Å²) < 4.78 is 19.2. The van der Waals surface area contributed by atoms with Gasteiger partial charge in [-0.25, -0.2) is 4.39 Å². The molecule has 3 nitrogen and oxygen atoms in total. The van der Waals surface area contributed by atoms with Crippen LogP contribution in [0.3, 0.4) is 0 Å². The van der Waals surface area contributed by atoms with E-state index < -0.39 is 5.82 Å². The molecule has 0 unspecified atom stereocenters. The molecule has 2 aromatic carbocycles. The Kier molecular flexibility index (Phi) is 4.68. The fourth-order valence-corrected chi connectivity index (χ4v) is 2.35. The highest BCUT2D eigenvalue weighted by Gasteiger charge is 2.15. The standard InChI is InChI=1S/C17H21FN2O/c1-4-20(13-8-6-7-12(3)9-13)16-11-17(21-5-2)14(18)10-15(16)19/h6-11H,4-5,19H2,1-3H3. The number of nitrogens with two attached hydrogens (primary N) is 1. The molecule has 0 aliphatic carbocycles. The largest absolute Gasteiger partial charge is 0.491 e.